The Morgan fingerprint density at radius 2 is 1.21 bits per heavy atom. The second-order valence-corrected chi connectivity index (χ2v) is 5.76. The SMILES string of the molecule is NC(=O)C12C3C4C5C3C1C5(C(N)=O)C42. The maximum Gasteiger partial charge on any atom is 0.224 e. The van der Waals surface area contributed by atoms with Gasteiger partial charge >= 0.3 is 0 Å². The Hall–Kier alpha value is -1.06. The Morgan fingerprint density at radius 1 is 0.857 bits per heavy atom. The van der Waals surface area contributed by atoms with Crippen LogP contribution in [0.25, 0.3) is 0 Å². The monoisotopic (exact) mass is 190 g/mol. The molecule has 72 valence electrons. The first-order valence-corrected chi connectivity index (χ1v) is 5.22. The molecule has 4 heteroatoms. The van der Waals surface area contributed by atoms with E-state index in [1.807, 2.05) is 0 Å². The van der Waals surface area contributed by atoms with Gasteiger partial charge in [0.1, 0.15) is 0 Å². The topological polar surface area (TPSA) is 86.2 Å². The molecule has 0 atom stereocenters. The van der Waals surface area contributed by atoms with Crippen molar-refractivity contribution < 1.29 is 9.59 Å². The van der Waals surface area contributed by atoms with Gasteiger partial charge in [0.05, 0.1) is 10.8 Å². The molecular formula is C10H10N2O2. The molecular weight excluding hydrogens is 180 g/mol. The van der Waals surface area contributed by atoms with Crippen molar-refractivity contribution >= 4 is 11.8 Å². The van der Waals surface area contributed by atoms with Crippen molar-refractivity contribution in [2.24, 2.45) is 57.8 Å². The van der Waals surface area contributed by atoms with Gasteiger partial charge in [-0.15, -0.1) is 0 Å². The van der Waals surface area contributed by atoms with Crippen LogP contribution in [0.1, 0.15) is 0 Å². The molecule has 6 aliphatic rings. The minimum Gasteiger partial charge on any atom is -0.369 e. The first kappa shape index (κ1) is 6.43. The molecule has 0 aromatic rings. The zero-order chi connectivity index (χ0) is 9.62. The van der Waals surface area contributed by atoms with Crippen LogP contribution in [0.3, 0.4) is 0 Å². The van der Waals surface area contributed by atoms with Crippen molar-refractivity contribution in [3.05, 3.63) is 0 Å². The van der Waals surface area contributed by atoms with Crippen LogP contribution >= 0.6 is 0 Å². The first-order valence-electron chi connectivity index (χ1n) is 5.22. The first-order chi connectivity index (χ1) is 6.62. The summed E-state index contributed by atoms with van der Waals surface area (Å²) in [6.45, 7) is 0. The Kier molecular flexibility index (Phi) is 0.538. The lowest BCUT2D eigenvalue weighted by molar-refractivity contribution is -0.624. The van der Waals surface area contributed by atoms with E-state index in [4.69, 9.17) is 11.5 Å². The molecule has 0 heterocycles. The molecule has 0 bridgehead atoms. The summed E-state index contributed by atoms with van der Waals surface area (Å²) in [6.07, 6.45) is 0. The van der Waals surface area contributed by atoms with E-state index in [0.717, 1.165) is 0 Å². The molecule has 14 heavy (non-hydrogen) atoms. The van der Waals surface area contributed by atoms with E-state index in [9.17, 15) is 9.59 Å². The summed E-state index contributed by atoms with van der Waals surface area (Å²) in [6, 6.07) is 0. The number of carbonyl (C=O) groups excluding carboxylic acids is 2. The lowest BCUT2D eigenvalue weighted by Crippen LogP contribution is -3.12. The van der Waals surface area contributed by atoms with Gasteiger partial charge in [-0.25, -0.2) is 0 Å². The van der Waals surface area contributed by atoms with Gasteiger partial charge in [0.25, 0.3) is 0 Å². The third-order valence-electron chi connectivity index (χ3n) is 6.44. The molecule has 4 nitrogen and oxygen atoms in total. The normalized spacial score (nSPS) is 76.9. The third kappa shape index (κ3) is 0.215. The number of rotatable bonds is 2. The molecule has 2 amide bonds. The molecule has 6 aliphatic carbocycles. The Bertz CT molecular complexity index is 399. The average molecular weight is 190 g/mol. The van der Waals surface area contributed by atoms with Crippen LogP contribution in [0.15, 0.2) is 0 Å². The maximum atomic E-state index is 11.4. The van der Waals surface area contributed by atoms with E-state index in [-0.39, 0.29) is 34.5 Å². The zero-order valence-corrected chi connectivity index (χ0v) is 7.44. The molecule has 4 N–H and O–H groups in total. The van der Waals surface area contributed by atoms with Gasteiger partial charge < -0.3 is 11.5 Å². The minimum atomic E-state index is -0.251. The highest BCUT2D eigenvalue weighted by atomic mass is 16.2. The number of hydrogen-bond donors (Lipinski definition) is 2. The average Bonchev–Trinajstić information content (AvgIpc) is 2.16. The largest absolute Gasteiger partial charge is 0.369 e. The zero-order valence-electron chi connectivity index (χ0n) is 7.44. The van der Waals surface area contributed by atoms with Gasteiger partial charge in [-0.2, -0.15) is 0 Å². The summed E-state index contributed by atoms with van der Waals surface area (Å²) in [4.78, 5) is 22.8. The highest BCUT2D eigenvalue weighted by Gasteiger charge is 3.12. The second kappa shape index (κ2) is 1.17. The summed E-state index contributed by atoms with van der Waals surface area (Å²) >= 11 is 0. The van der Waals surface area contributed by atoms with Gasteiger partial charge in [-0.1, -0.05) is 0 Å². The summed E-state index contributed by atoms with van der Waals surface area (Å²) in [5.41, 5.74) is 10.4. The molecule has 0 unspecified atom stereocenters. The van der Waals surface area contributed by atoms with Crippen molar-refractivity contribution in [2.75, 3.05) is 0 Å². The fourth-order valence-electron chi connectivity index (χ4n) is 6.57. The second-order valence-electron chi connectivity index (χ2n) is 5.76. The van der Waals surface area contributed by atoms with Crippen LogP contribution in [-0.4, -0.2) is 11.8 Å². The standard InChI is InChI=1S/C10H10N2O2/c11-7(13)9-3-1-4-2(3)6(9)10(4,5(1)9)8(12)14/h1-6H,(H2,11,13)(H2,12,14). The van der Waals surface area contributed by atoms with Crippen LogP contribution in [0, 0.1) is 46.3 Å². The van der Waals surface area contributed by atoms with Gasteiger partial charge in [0.15, 0.2) is 0 Å². The van der Waals surface area contributed by atoms with Crippen molar-refractivity contribution in [1.82, 2.24) is 0 Å². The summed E-state index contributed by atoms with van der Waals surface area (Å²) < 4.78 is 0. The van der Waals surface area contributed by atoms with E-state index in [1.54, 1.807) is 0 Å². The maximum absolute atomic E-state index is 11.4. The quantitative estimate of drug-likeness (QED) is 0.566. The van der Waals surface area contributed by atoms with Crippen molar-refractivity contribution in [3.63, 3.8) is 0 Å². The third-order valence-corrected chi connectivity index (χ3v) is 6.44. The molecule has 6 saturated carbocycles. The van der Waals surface area contributed by atoms with Crippen LogP contribution in [0.4, 0.5) is 0 Å². The van der Waals surface area contributed by atoms with Crippen molar-refractivity contribution in [3.8, 4) is 0 Å². The van der Waals surface area contributed by atoms with E-state index in [2.05, 4.69) is 0 Å². The molecule has 6 fully saturated rings. The number of amides is 2. The summed E-state index contributed by atoms with van der Waals surface area (Å²) in [7, 11) is 0. The van der Waals surface area contributed by atoms with Crippen molar-refractivity contribution in [2.45, 2.75) is 0 Å². The van der Waals surface area contributed by atoms with Crippen LogP contribution in [0.5, 0.6) is 0 Å². The Balaban J connectivity index is 1.71. The van der Waals surface area contributed by atoms with Crippen LogP contribution in [-0.2, 0) is 9.59 Å². The number of carbonyl (C=O) groups is 2. The molecule has 0 spiro atoms. The predicted molar refractivity (Wildman–Crippen MR) is 44.2 cm³/mol. The smallest absolute Gasteiger partial charge is 0.224 e. The number of nitrogens with two attached hydrogens (primary N) is 2. The van der Waals surface area contributed by atoms with Gasteiger partial charge in [0, 0.05) is 0 Å². The van der Waals surface area contributed by atoms with E-state index in [1.165, 1.54) is 0 Å². The molecule has 6 rings (SSSR count). The fourth-order valence-corrected chi connectivity index (χ4v) is 6.57. The predicted octanol–water partition coefficient (Wildman–Crippen LogP) is -1.30. The molecule has 0 aromatic carbocycles. The highest BCUT2D eigenvalue weighted by Crippen LogP contribution is 3.10. The lowest BCUT2D eigenvalue weighted by Gasteiger charge is -3.09. The van der Waals surface area contributed by atoms with Crippen molar-refractivity contribution in [1.29, 1.82) is 0 Å². The summed E-state index contributed by atoms with van der Waals surface area (Å²) in [5.74, 6) is 2.59. The molecule has 0 aliphatic heterocycles. The lowest BCUT2D eigenvalue weighted by atomic mass is 8.92. The van der Waals surface area contributed by atoms with Gasteiger partial charge in [0.2, 0.25) is 11.8 Å². The van der Waals surface area contributed by atoms with Crippen LogP contribution < -0.4 is 11.5 Å². The van der Waals surface area contributed by atoms with E-state index >= 15 is 0 Å². The fraction of sp³-hybridized carbons (Fsp3) is 0.800. The number of primary amides is 2. The molecule has 0 aromatic heterocycles. The Labute approximate surface area is 80.0 Å². The highest BCUT2D eigenvalue weighted by molar-refractivity contribution is 6.00. The van der Waals surface area contributed by atoms with E-state index < -0.39 is 0 Å². The van der Waals surface area contributed by atoms with Gasteiger partial charge in [-0.05, 0) is 35.5 Å². The van der Waals surface area contributed by atoms with Gasteiger partial charge in [-0.3, -0.25) is 9.59 Å². The minimum absolute atomic E-state index is 0.167. The molecule has 0 saturated heterocycles. The Morgan fingerprint density at radius 3 is 1.50 bits per heavy atom. The number of hydrogen-bond acceptors (Lipinski definition) is 2. The van der Waals surface area contributed by atoms with Crippen LogP contribution in [0.2, 0.25) is 0 Å². The van der Waals surface area contributed by atoms with E-state index in [0.29, 0.717) is 23.7 Å². The summed E-state index contributed by atoms with van der Waals surface area (Å²) in [5, 5.41) is 0. The molecule has 0 radical (unpaired) electrons.